The molecule has 1 aromatic carbocycles. The number of aliphatic imine (C=N–C) groups is 1. The molecule has 1 nitrogen and oxygen atoms in total. The molecule has 1 aliphatic rings. The van der Waals surface area contributed by atoms with Gasteiger partial charge < -0.3 is 0 Å². The zero-order chi connectivity index (χ0) is 9.80. The van der Waals surface area contributed by atoms with Crippen molar-refractivity contribution >= 4 is 18.0 Å². The lowest BCUT2D eigenvalue weighted by Gasteiger charge is -2.14. The van der Waals surface area contributed by atoms with Gasteiger partial charge in [0, 0.05) is 5.56 Å². The first-order valence-electron chi connectivity index (χ1n) is 5.17. The lowest BCUT2D eigenvalue weighted by molar-refractivity contribution is 0.742. The van der Waals surface area contributed by atoms with Gasteiger partial charge in [0.2, 0.25) is 0 Å². The number of nitrogens with zero attached hydrogens (tertiary/aromatic N) is 1. The van der Waals surface area contributed by atoms with Crippen molar-refractivity contribution in [1.29, 1.82) is 0 Å². The minimum atomic E-state index is 1.01. The average molecular weight is 185 g/mol. The summed E-state index contributed by atoms with van der Waals surface area (Å²) in [6.45, 7) is 3.61. The second-order valence-electron chi connectivity index (χ2n) is 3.65. The third-order valence-electron chi connectivity index (χ3n) is 2.71. The van der Waals surface area contributed by atoms with Gasteiger partial charge in [0.15, 0.2) is 0 Å². The van der Waals surface area contributed by atoms with Crippen molar-refractivity contribution in [2.45, 2.75) is 25.7 Å². The van der Waals surface area contributed by atoms with Gasteiger partial charge in [-0.2, -0.15) is 0 Å². The van der Waals surface area contributed by atoms with Crippen LogP contribution in [0.1, 0.15) is 31.2 Å². The fourth-order valence-electron chi connectivity index (χ4n) is 1.97. The van der Waals surface area contributed by atoms with Crippen LogP contribution in [0.4, 0.5) is 5.69 Å². The summed E-state index contributed by atoms with van der Waals surface area (Å²) >= 11 is 0. The Kier molecular flexibility index (Phi) is 2.78. The smallest absolute Gasteiger partial charge is 0.0697 e. The molecule has 0 unspecified atom stereocenters. The highest BCUT2D eigenvalue weighted by molar-refractivity contribution is 5.75. The van der Waals surface area contributed by atoms with Crippen LogP contribution in [0.15, 0.2) is 35.3 Å². The average Bonchev–Trinajstić information content (AvgIpc) is 2.30. The van der Waals surface area contributed by atoms with E-state index in [0.29, 0.717) is 0 Å². The summed E-state index contributed by atoms with van der Waals surface area (Å²) < 4.78 is 0. The maximum absolute atomic E-state index is 4.05. The molecule has 0 saturated heterocycles. The lowest BCUT2D eigenvalue weighted by atomic mass is 9.93. The molecule has 0 N–H and O–H groups in total. The van der Waals surface area contributed by atoms with Crippen molar-refractivity contribution < 1.29 is 0 Å². The third-order valence-corrected chi connectivity index (χ3v) is 2.71. The maximum atomic E-state index is 4.05. The number of benzene rings is 1. The summed E-state index contributed by atoms with van der Waals surface area (Å²) in [4.78, 5) is 4.05. The number of para-hydroxylation sites is 1. The largest absolute Gasteiger partial charge is 0.264 e. The van der Waals surface area contributed by atoms with Gasteiger partial charge in [0.1, 0.15) is 0 Å². The van der Waals surface area contributed by atoms with Gasteiger partial charge in [-0.1, -0.05) is 24.3 Å². The van der Waals surface area contributed by atoms with Crippen LogP contribution in [0.2, 0.25) is 0 Å². The van der Waals surface area contributed by atoms with Crippen molar-refractivity contribution in [3.05, 3.63) is 35.9 Å². The Morgan fingerprint density at radius 2 is 2.00 bits per heavy atom. The molecule has 1 heteroatoms. The molecule has 14 heavy (non-hydrogen) atoms. The van der Waals surface area contributed by atoms with Gasteiger partial charge in [-0.25, -0.2) is 0 Å². The molecule has 0 bridgehead atoms. The normalized spacial score (nSPS) is 16.1. The molecule has 1 aliphatic carbocycles. The van der Waals surface area contributed by atoms with E-state index in [1.165, 1.54) is 36.8 Å². The molecule has 1 aromatic rings. The summed E-state index contributed by atoms with van der Waals surface area (Å²) in [7, 11) is 0. The van der Waals surface area contributed by atoms with Crippen LogP contribution in [0.3, 0.4) is 0 Å². The Morgan fingerprint density at radius 3 is 2.71 bits per heavy atom. The zero-order valence-corrected chi connectivity index (χ0v) is 8.37. The van der Waals surface area contributed by atoms with Crippen LogP contribution in [0.25, 0.3) is 5.57 Å². The molecule has 0 spiro atoms. The van der Waals surface area contributed by atoms with Gasteiger partial charge in [-0.05, 0) is 44.0 Å². The van der Waals surface area contributed by atoms with Crippen LogP contribution in [0.5, 0.6) is 0 Å². The Bertz CT molecular complexity index is 363. The van der Waals surface area contributed by atoms with Crippen molar-refractivity contribution in [3.8, 4) is 0 Å². The molecule has 0 radical (unpaired) electrons. The quantitative estimate of drug-likeness (QED) is 0.618. The van der Waals surface area contributed by atoms with Crippen molar-refractivity contribution in [3.63, 3.8) is 0 Å². The van der Waals surface area contributed by atoms with Crippen molar-refractivity contribution in [1.82, 2.24) is 0 Å². The fraction of sp³-hybridized carbons (Fsp3) is 0.308. The van der Waals surface area contributed by atoms with Gasteiger partial charge in [0.05, 0.1) is 5.69 Å². The van der Waals surface area contributed by atoms with Crippen LogP contribution < -0.4 is 0 Å². The number of hydrogen-bond acceptors (Lipinski definition) is 1. The third kappa shape index (κ3) is 1.77. The first-order valence-corrected chi connectivity index (χ1v) is 5.17. The van der Waals surface area contributed by atoms with E-state index in [0.717, 1.165) is 5.69 Å². The topological polar surface area (TPSA) is 12.4 Å². The van der Waals surface area contributed by atoms with Crippen molar-refractivity contribution in [2.75, 3.05) is 0 Å². The summed E-state index contributed by atoms with van der Waals surface area (Å²) in [6.07, 6.45) is 7.37. The highest BCUT2D eigenvalue weighted by Gasteiger charge is 2.08. The number of rotatable bonds is 2. The molecule has 0 saturated carbocycles. The monoisotopic (exact) mass is 185 g/mol. The van der Waals surface area contributed by atoms with Gasteiger partial charge in [0.25, 0.3) is 0 Å². The predicted molar refractivity (Wildman–Crippen MR) is 62.1 cm³/mol. The summed E-state index contributed by atoms with van der Waals surface area (Å²) in [5, 5.41) is 0. The van der Waals surface area contributed by atoms with E-state index in [2.05, 4.69) is 29.9 Å². The second-order valence-corrected chi connectivity index (χ2v) is 3.65. The van der Waals surface area contributed by atoms with Crippen LogP contribution in [0, 0.1) is 0 Å². The van der Waals surface area contributed by atoms with E-state index in [1.807, 2.05) is 12.1 Å². The molecule has 0 aliphatic heterocycles. The highest BCUT2D eigenvalue weighted by atomic mass is 14.7. The minimum absolute atomic E-state index is 1.01. The number of hydrogen-bond donors (Lipinski definition) is 0. The van der Waals surface area contributed by atoms with Gasteiger partial charge in [-0.15, -0.1) is 0 Å². The molecular formula is C13H15N. The Morgan fingerprint density at radius 1 is 1.14 bits per heavy atom. The fourth-order valence-corrected chi connectivity index (χ4v) is 1.97. The van der Waals surface area contributed by atoms with Gasteiger partial charge in [-0.3, -0.25) is 4.99 Å². The molecule has 2 rings (SSSR count). The Balaban J connectivity index is 2.39. The molecule has 0 aromatic heterocycles. The SMILES string of the molecule is C=Nc1ccccc1C1=CCCCC1. The first-order chi connectivity index (χ1) is 6.92. The second kappa shape index (κ2) is 4.23. The summed E-state index contributed by atoms with van der Waals surface area (Å²) in [5.74, 6) is 0. The summed E-state index contributed by atoms with van der Waals surface area (Å²) in [5.41, 5.74) is 3.72. The van der Waals surface area contributed by atoms with E-state index in [-0.39, 0.29) is 0 Å². The van der Waals surface area contributed by atoms with Crippen molar-refractivity contribution in [2.24, 2.45) is 4.99 Å². The highest BCUT2D eigenvalue weighted by Crippen LogP contribution is 2.32. The van der Waals surface area contributed by atoms with E-state index < -0.39 is 0 Å². The van der Waals surface area contributed by atoms with Crippen LogP contribution >= 0.6 is 0 Å². The Labute approximate surface area is 85.2 Å². The lowest BCUT2D eigenvalue weighted by Crippen LogP contribution is -1.91. The minimum Gasteiger partial charge on any atom is -0.264 e. The van der Waals surface area contributed by atoms with Crippen LogP contribution in [-0.2, 0) is 0 Å². The first kappa shape index (κ1) is 9.20. The molecular weight excluding hydrogens is 170 g/mol. The van der Waals surface area contributed by atoms with E-state index >= 15 is 0 Å². The van der Waals surface area contributed by atoms with E-state index in [4.69, 9.17) is 0 Å². The molecule has 0 amide bonds. The maximum Gasteiger partial charge on any atom is 0.0697 e. The molecule has 0 atom stereocenters. The molecule has 0 fully saturated rings. The Hall–Kier alpha value is -1.37. The predicted octanol–water partition coefficient (Wildman–Crippen LogP) is 3.98. The number of allylic oxidation sites excluding steroid dienone is 2. The zero-order valence-electron chi connectivity index (χ0n) is 8.37. The van der Waals surface area contributed by atoms with E-state index in [9.17, 15) is 0 Å². The van der Waals surface area contributed by atoms with Crippen LogP contribution in [-0.4, -0.2) is 6.72 Å². The van der Waals surface area contributed by atoms with E-state index in [1.54, 1.807) is 0 Å². The standard InChI is InChI=1S/C13H15N/c1-14-13-10-6-5-9-12(13)11-7-3-2-4-8-11/h5-7,9-10H,1-4,8H2. The molecule has 72 valence electrons. The summed E-state index contributed by atoms with van der Waals surface area (Å²) in [6, 6.07) is 8.25. The molecule has 0 heterocycles. The van der Waals surface area contributed by atoms with Gasteiger partial charge >= 0.3 is 0 Å².